The van der Waals surface area contributed by atoms with Crippen LogP contribution in [0.5, 0.6) is 0 Å². The molecule has 1 aliphatic carbocycles. The van der Waals surface area contributed by atoms with Crippen LogP contribution < -0.4 is 10.6 Å². The minimum absolute atomic E-state index is 0.234. The normalized spacial score (nSPS) is 21.9. The van der Waals surface area contributed by atoms with E-state index in [-0.39, 0.29) is 12.6 Å². The molecule has 0 unspecified atom stereocenters. The molecule has 0 bridgehead atoms. The summed E-state index contributed by atoms with van der Waals surface area (Å²) in [4.78, 5) is 25.6. The van der Waals surface area contributed by atoms with Gasteiger partial charge in [-0.15, -0.1) is 0 Å². The van der Waals surface area contributed by atoms with Gasteiger partial charge in [-0.1, -0.05) is 19.3 Å². The van der Waals surface area contributed by atoms with E-state index in [1.54, 1.807) is 0 Å². The number of rotatable bonds is 6. The predicted octanol–water partition coefficient (Wildman–Crippen LogP) is 1.42. The lowest BCUT2D eigenvalue weighted by Gasteiger charge is -2.33. The van der Waals surface area contributed by atoms with Crippen molar-refractivity contribution in [2.75, 3.05) is 32.7 Å². The van der Waals surface area contributed by atoms with E-state index in [4.69, 9.17) is 0 Å². The van der Waals surface area contributed by atoms with Crippen LogP contribution in [0.4, 0.5) is 4.79 Å². The first-order chi connectivity index (χ1) is 10.1. The average Bonchev–Trinajstić information content (AvgIpc) is 2.99. The van der Waals surface area contributed by atoms with Crippen molar-refractivity contribution in [3.8, 4) is 0 Å². The number of amides is 2. The Kier molecular flexibility index (Phi) is 5.85. The number of carboxylic acids is 1. The van der Waals surface area contributed by atoms with Gasteiger partial charge in [-0.05, 0) is 38.8 Å². The van der Waals surface area contributed by atoms with E-state index in [1.807, 2.05) is 0 Å². The molecular weight excluding hydrogens is 270 g/mol. The zero-order chi connectivity index (χ0) is 15.1. The summed E-state index contributed by atoms with van der Waals surface area (Å²) in [5.74, 6) is -0.778. The maximum atomic E-state index is 11.8. The van der Waals surface area contributed by atoms with Crippen molar-refractivity contribution >= 4 is 12.0 Å². The van der Waals surface area contributed by atoms with E-state index in [0.717, 1.165) is 38.9 Å². The number of aliphatic carboxylic acids is 1. The summed E-state index contributed by atoms with van der Waals surface area (Å²) in [5.41, 5.74) is -0.759. The van der Waals surface area contributed by atoms with Crippen molar-refractivity contribution in [2.24, 2.45) is 5.41 Å². The van der Waals surface area contributed by atoms with Gasteiger partial charge in [0.25, 0.3) is 0 Å². The van der Waals surface area contributed by atoms with E-state index in [2.05, 4.69) is 15.5 Å². The molecule has 1 saturated heterocycles. The molecule has 0 aromatic heterocycles. The van der Waals surface area contributed by atoms with E-state index in [9.17, 15) is 14.7 Å². The summed E-state index contributed by atoms with van der Waals surface area (Å²) in [6, 6.07) is -0.250. The Bertz CT molecular complexity index is 361. The first kappa shape index (κ1) is 16.1. The summed E-state index contributed by atoms with van der Waals surface area (Å²) in [6.45, 7) is 3.96. The number of likely N-dealkylation sites (tertiary alicyclic amines) is 1. The molecule has 2 amide bonds. The van der Waals surface area contributed by atoms with Gasteiger partial charge in [-0.25, -0.2) is 4.79 Å². The fraction of sp³-hybridized carbons (Fsp3) is 0.867. The highest BCUT2D eigenvalue weighted by atomic mass is 16.4. The molecule has 120 valence electrons. The summed E-state index contributed by atoms with van der Waals surface area (Å²) in [6.07, 6.45) is 6.78. The Morgan fingerprint density at radius 2 is 1.67 bits per heavy atom. The maximum Gasteiger partial charge on any atom is 0.314 e. The Labute approximate surface area is 126 Å². The van der Waals surface area contributed by atoms with Crippen LogP contribution in [0.25, 0.3) is 0 Å². The number of hydrogen-bond donors (Lipinski definition) is 3. The van der Waals surface area contributed by atoms with Crippen molar-refractivity contribution in [1.29, 1.82) is 0 Å². The van der Waals surface area contributed by atoms with Gasteiger partial charge in [-0.2, -0.15) is 0 Å². The molecule has 2 fully saturated rings. The van der Waals surface area contributed by atoms with Crippen molar-refractivity contribution in [3.05, 3.63) is 0 Å². The zero-order valence-corrected chi connectivity index (χ0v) is 12.7. The van der Waals surface area contributed by atoms with Crippen LogP contribution in [0, 0.1) is 5.41 Å². The standard InChI is InChI=1S/C15H27N3O3/c19-13(20)15(6-2-1-3-7-15)12-17-14(21)16-8-11-18-9-4-5-10-18/h1-12H2,(H,19,20)(H2,16,17,21). The molecule has 21 heavy (non-hydrogen) atoms. The van der Waals surface area contributed by atoms with Gasteiger partial charge in [0.1, 0.15) is 0 Å². The first-order valence-electron chi connectivity index (χ1n) is 8.10. The van der Waals surface area contributed by atoms with Crippen molar-refractivity contribution in [2.45, 2.75) is 44.9 Å². The summed E-state index contributed by atoms with van der Waals surface area (Å²) < 4.78 is 0. The van der Waals surface area contributed by atoms with Crippen LogP contribution in [-0.2, 0) is 4.79 Å². The van der Waals surface area contributed by atoms with Gasteiger partial charge < -0.3 is 20.6 Å². The molecule has 2 aliphatic rings. The third kappa shape index (κ3) is 4.59. The smallest absolute Gasteiger partial charge is 0.314 e. The highest BCUT2D eigenvalue weighted by Gasteiger charge is 2.39. The number of hydrogen-bond acceptors (Lipinski definition) is 3. The number of carboxylic acid groups (broad SMARTS) is 1. The Morgan fingerprint density at radius 3 is 2.29 bits per heavy atom. The van der Waals surface area contributed by atoms with Crippen molar-refractivity contribution in [1.82, 2.24) is 15.5 Å². The highest BCUT2D eigenvalue weighted by Crippen LogP contribution is 2.35. The Hall–Kier alpha value is -1.30. The van der Waals surface area contributed by atoms with E-state index >= 15 is 0 Å². The minimum Gasteiger partial charge on any atom is -0.481 e. The van der Waals surface area contributed by atoms with Gasteiger partial charge in [0.15, 0.2) is 0 Å². The number of nitrogens with zero attached hydrogens (tertiary/aromatic N) is 1. The van der Waals surface area contributed by atoms with E-state index in [0.29, 0.717) is 19.4 Å². The molecule has 0 radical (unpaired) electrons. The molecule has 1 aliphatic heterocycles. The fourth-order valence-corrected chi connectivity index (χ4v) is 3.34. The second-order valence-corrected chi connectivity index (χ2v) is 6.30. The third-order valence-electron chi connectivity index (χ3n) is 4.76. The lowest BCUT2D eigenvalue weighted by Crippen LogP contribution is -2.48. The summed E-state index contributed by atoms with van der Waals surface area (Å²) in [5, 5.41) is 15.0. The first-order valence-corrected chi connectivity index (χ1v) is 8.10. The second kappa shape index (κ2) is 7.64. The molecule has 0 spiro atoms. The molecule has 2 rings (SSSR count). The van der Waals surface area contributed by atoms with Crippen LogP contribution in [0.1, 0.15) is 44.9 Å². The maximum absolute atomic E-state index is 11.8. The Morgan fingerprint density at radius 1 is 1.00 bits per heavy atom. The Balaban J connectivity index is 1.67. The zero-order valence-electron chi connectivity index (χ0n) is 12.7. The monoisotopic (exact) mass is 297 g/mol. The highest BCUT2D eigenvalue weighted by molar-refractivity contribution is 5.78. The molecule has 6 nitrogen and oxygen atoms in total. The lowest BCUT2D eigenvalue weighted by atomic mass is 9.74. The minimum atomic E-state index is -0.778. The molecule has 1 saturated carbocycles. The SMILES string of the molecule is O=C(NCCN1CCCC1)NCC1(C(=O)O)CCCCC1. The second-order valence-electron chi connectivity index (χ2n) is 6.30. The molecule has 6 heteroatoms. The largest absolute Gasteiger partial charge is 0.481 e. The van der Waals surface area contributed by atoms with Gasteiger partial charge in [0.2, 0.25) is 0 Å². The van der Waals surface area contributed by atoms with Crippen LogP contribution >= 0.6 is 0 Å². The quantitative estimate of drug-likeness (QED) is 0.692. The van der Waals surface area contributed by atoms with E-state index in [1.165, 1.54) is 12.8 Å². The molecule has 1 heterocycles. The van der Waals surface area contributed by atoms with Crippen LogP contribution in [-0.4, -0.2) is 54.7 Å². The number of nitrogens with one attached hydrogen (secondary N) is 2. The van der Waals surface area contributed by atoms with Crippen molar-refractivity contribution < 1.29 is 14.7 Å². The molecule has 0 atom stereocenters. The van der Waals surface area contributed by atoms with Crippen molar-refractivity contribution in [3.63, 3.8) is 0 Å². The van der Waals surface area contributed by atoms with E-state index < -0.39 is 11.4 Å². The lowest BCUT2D eigenvalue weighted by molar-refractivity contribution is -0.150. The summed E-state index contributed by atoms with van der Waals surface area (Å²) in [7, 11) is 0. The molecule has 3 N–H and O–H groups in total. The average molecular weight is 297 g/mol. The fourth-order valence-electron chi connectivity index (χ4n) is 3.34. The molecule has 0 aromatic carbocycles. The number of carbonyl (C=O) groups is 2. The predicted molar refractivity (Wildman–Crippen MR) is 80.2 cm³/mol. The van der Waals surface area contributed by atoms with Gasteiger partial charge >= 0.3 is 12.0 Å². The third-order valence-corrected chi connectivity index (χ3v) is 4.76. The topological polar surface area (TPSA) is 81.7 Å². The van der Waals surface area contributed by atoms with Gasteiger partial charge in [0.05, 0.1) is 5.41 Å². The number of urea groups is 1. The summed E-state index contributed by atoms with van der Waals surface area (Å²) >= 11 is 0. The van der Waals surface area contributed by atoms with Gasteiger partial charge in [-0.3, -0.25) is 4.79 Å². The molecule has 0 aromatic rings. The van der Waals surface area contributed by atoms with Crippen LogP contribution in [0.2, 0.25) is 0 Å². The van der Waals surface area contributed by atoms with Crippen LogP contribution in [0.3, 0.4) is 0 Å². The number of carbonyl (C=O) groups excluding carboxylic acids is 1. The molecular formula is C15H27N3O3. The van der Waals surface area contributed by atoms with Crippen LogP contribution in [0.15, 0.2) is 0 Å². The van der Waals surface area contributed by atoms with Gasteiger partial charge in [0, 0.05) is 19.6 Å².